The van der Waals surface area contributed by atoms with Crippen LogP contribution >= 0.6 is 0 Å². The zero-order chi connectivity index (χ0) is 13.4. The van der Waals surface area contributed by atoms with Gasteiger partial charge in [0.1, 0.15) is 0 Å². The third kappa shape index (κ3) is 5.25. The molecule has 3 heteroatoms. The first-order chi connectivity index (χ1) is 8.61. The lowest BCUT2D eigenvalue weighted by Gasteiger charge is -2.42. The van der Waals surface area contributed by atoms with Crippen molar-refractivity contribution >= 4 is 0 Å². The molecule has 0 bridgehead atoms. The lowest BCUT2D eigenvalue weighted by Crippen LogP contribution is -2.52. The number of hydrogen-bond donors (Lipinski definition) is 1. The van der Waals surface area contributed by atoms with Gasteiger partial charge < -0.3 is 10.1 Å². The van der Waals surface area contributed by atoms with E-state index in [-0.39, 0.29) is 5.60 Å². The Balaban J connectivity index is 2.22. The molecule has 108 valence electrons. The molecule has 0 aromatic heterocycles. The van der Waals surface area contributed by atoms with Crippen LogP contribution in [-0.4, -0.2) is 49.8 Å². The molecule has 0 radical (unpaired) electrons. The van der Waals surface area contributed by atoms with Crippen LogP contribution in [0.4, 0.5) is 0 Å². The van der Waals surface area contributed by atoms with Gasteiger partial charge in [-0.1, -0.05) is 19.8 Å². The van der Waals surface area contributed by atoms with E-state index in [1.807, 2.05) is 7.11 Å². The van der Waals surface area contributed by atoms with Gasteiger partial charge in [-0.2, -0.15) is 0 Å². The minimum atomic E-state index is 0.0642. The highest BCUT2D eigenvalue weighted by Gasteiger charge is 2.32. The van der Waals surface area contributed by atoms with E-state index in [0.29, 0.717) is 6.04 Å². The lowest BCUT2D eigenvalue weighted by atomic mass is 9.94. The molecule has 0 saturated carbocycles. The van der Waals surface area contributed by atoms with Gasteiger partial charge in [0, 0.05) is 26.2 Å². The standard InChI is InChI=1S/C15H32N2O/c1-5-6-7-10-16-12-14(2)17-11-8-9-15(3,13-17)18-4/h14,16H,5-13H2,1-4H3. The Kier molecular flexibility index (Phi) is 7.20. The number of ether oxygens (including phenoxy) is 1. The Bertz CT molecular complexity index is 223. The summed E-state index contributed by atoms with van der Waals surface area (Å²) in [6, 6.07) is 0.612. The Labute approximate surface area is 113 Å². The molecule has 1 aliphatic rings. The number of hydrogen-bond acceptors (Lipinski definition) is 3. The quantitative estimate of drug-likeness (QED) is 0.676. The van der Waals surface area contributed by atoms with Crippen LogP contribution in [0.5, 0.6) is 0 Å². The predicted molar refractivity (Wildman–Crippen MR) is 78.1 cm³/mol. The number of unbranched alkanes of at least 4 members (excludes halogenated alkanes) is 2. The van der Waals surface area contributed by atoms with E-state index < -0.39 is 0 Å². The summed E-state index contributed by atoms with van der Waals surface area (Å²) in [5.74, 6) is 0. The van der Waals surface area contributed by atoms with E-state index >= 15 is 0 Å². The predicted octanol–water partition coefficient (Wildman–Crippen LogP) is 2.66. The van der Waals surface area contributed by atoms with Gasteiger partial charge in [-0.3, -0.25) is 4.90 Å². The van der Waals surface area contributed by atoms with Crippen molar-refractivity contribution in [3.8, 4) is 0 Å². The van der Waals surface area contributed by atoms with E-state index in [1.165, 1.54) is 38.6 Å². The van der Waals surface area contributed by atoms with E-state index in [1.54, 1.807) is 0 Å². The van der Waals surface area contributed by atoms with Gasteiger partial charge in [0.05, 0.1) is 5.60 Å². The molecule has 1 saturated heterocycles. The Morgan fingerprint density at radius 3 is 2.83 bits per heavy atom. The van der Waals surface area contributed by atoms with Gasteiger partial charge in [-0.05, 0) is 46.2 Å². The molecule has 1 heterocycles. The maximum Gasteiger partial charge on any atom is 0.0777 e. The van der Waals surface area contributed by atoms with Crippen LogP contribution in [0.1, 0.15) is 52.9 Å². The topological polar surface area (TPSA) is 24.5 Å². The van der Waals surface area contributed by atoms with Crippen molar-refractivity contribution in [3.05, 3.63) is 0 Å². The minimum absolute atomic E-state index is 0.0642. The first-order valence-electron chi connectivity index (χ1n) is 7.61. The Morgan fingerprint density at radius 1 is 1.39 bits per heavy atom. The van der Waals surface area contributed by atoms with Crippen molar-refractivity contribution in [1.29, 1.82) is 0 Å². The monoisotopic (exact) mass is 256 g/mol. The number of likely N-dealkylation sites (tertiary alicyclic amines) is 1. The average molecular weight is 256 g/mol. The normalized spacial score (nSPS) is 27.3. The van der Waals surface area contributed by atoms with Gasteiger partial charge in [0.25, 0.3) is 0 Å². The zero-order valence-corrected chi connectivity index (χ0v) is 12.8. The summed E-state index contributed by atoms with van der Waals surface area (Å²) >= 11 is 0. The molecule has 0 aromatic carbocycles. The van der Waals surface area contributed by atoms with Crippen molar-refractivity contribution < 1.29 is 4.74 Å². The van der Waals surface area contributed by atoms with E-state index in [4.69, 9.17) is 4.74 Å². The molecule has 2 unspecified atom stereocenters. The average Bonchev–Trinajstić information content (AvgIpc) is 2.38. The van der Waals surface area contributed by atoms with Crippen LogP contribution in [0.15, 0.2) is 0 Å². The largest absolute Gasteiger partial charge is 0.377 e. The zero-order valence-electron chi connectivity index (χ0n) is 12.8. The fourth-order valence-electron chi connectivity index (χ4n) is 2.73. The number of nitrogens with zero attached hydrogens (tertiary/aromatic N) is 1. The molecule has 0 aliphatic carbocycles. The van der Waals surface area contributed by atoms with Crippen LogP contribution in [0.2, 0.25) is 0 Å². The first kappa shape index (κ1) is 15.9. The van der Waals surface area contributed by atoms with Crippen molar-refractivity contribution in [1.82, 2.24) is 10.2 Å². The minimum Gasteiger partial charge on any atom is -0.377 e. The van der Waals surface area contributed by atoms with Crippen LogP contribution in [0, 0.1) is 0 Å². The highest BCUT2D eigenvalue weighted by atomic mass is 16.5. The summed E-state index contributed by atoms with van der Waals surface area (Å²) in [7, 11) is 1.84. The second-order valence-corrected chi connectivity index (χ2v) is 5.99. The molecule has 1 N–H and O–H groups in total. The van der Waals surface area contributed by atoms with Crippen molar-refractivity contribution in [2.24, 2.45) is 0 Å². The smallest absolute Gasteiger partial charge is 0.0777 e. The molecule has 0 aromatic rings. The molecular weight excluding hydrogens is 224 g/mol. The van der Waals surface area contributed by atoms with E-state index in [2.05, 4.69) is 31.0 Å². The maximum absolute atomic E-state index is 5.65. The molecule has 18 heavy (non-hydrogen) atoms. The highest BCUT2D eigenvalue weighted by Crippen LogP contribution is 2.24. The molecule has 1 aliphatic heterocycles. The fourth-order valence-corrected chi connectivity index (χ4v) is 2.73. The number of rotatable bonds is 8. The van der Waals surface area contributed by atoms with Crippen molar-refractivity contribution in [2.75, 3.05) is 33.3 Å². The third-order valence-corrected chi connectivity index (χ3v) is 4.20. The first-order valence-corrected chi connectivity index (χ1v) is 7.61. The lowest BCUT2D eigenvalue weighted by molar-refractivity contribution is -0.0592. The van der Waals surface area contributed by atoms with Crippen molar-refractivity contribution in [2.45, 2.75) is 64.5 Å². The number of nitrogens with one attached hydrogen (secondary N) is 1. The Hall–Kier alpha value is -0.120. The summed E-state index contributed by atoms with van der Waals surface area (Å²) in [5.41, 5.74) is 0.0642. The van der Waals surface area contributed by atoms with Gasteiger partial charge in [0.15, 0.2) is 0 Å². The second-order valence-electron chi connectivity index (χ2n) is 5.99. The fraction of sp³-hybridized carbons (Fsp3) is 1.00. The summed E-state index contributed by atoms with van der Waals surface area (Å²) in [5, 5.41) is 3.58. The van der Waals surface area contributed by atoms with Gasteiger partial charge in [0.2, 0.25) is 0 Å². The molecule has 2 atom stereocenters. The molecule has 3 nitrogen and oxygen atoms in total. The van der Waals surface area contributed by atoms with Crippen molar-refractivity contribution in [3.63, 3.8) is 0 Å². The van der Waals surface area contributed by atoms with Gasteiger partial charge in [-0.15, -0.1) is 0 Å². The van der Waals surface area contributed by atoms with Gasteiger partial charge in [-0.25, -0.2) is 0 Å². The van der Waals surface area contributed by atoms with E-state index in [9.17, 15) is 0 Å². The van der Waals surface area contributed by atoms with E-state index in [0.717, 1.165) is 19.6 Å². The van der Waals surface area contributed by atoms with Crippen LogP contribution in [-0.2, 0) is 4.74 Å². The van der Waals surface area contributed by atoms with Gasteiger partial charge >= 0.3 is 0 Å². The molecule has 1 fully saturated rings. The second kappa shape index (κ2) is 8.13. The molecule has 1 rings (SSSR count). The molecule has 0 amide bonds. The Morgan fingerprint density at radius 2 is 2.17 bits per heavy atom. The molecular formula is C15H32N2O. The van der Waals surface area contributed by atoms with Crippen LogP contribution in [0.25, 0.3) is 0 Å². The maximum atomic E-state index is 5.65. The SMILES string of the molecule is CCCCCNCC(C)N1CCCC(C)(OC)C1. The summed E-state index contributed by atoms with van der Waals surface area (Å²) in [6.07, 6.45) is 6.39. The summed E-state index contributed by atoms with van der Waals surface area (Å²) < 4.78 is 5.65. The third-order valence-electron chi connectivity index (χ3n) is 4.20. The summed E-state index contributed by atoms with van der Waals surface area (Å²) in [4.78, 5) is 2.57. The molecule has 0 spiro atoms. The number of methoxy groups -OCH3 is 1. The summed E-state index contributed by atoms with van der Waals surface area (Å²) in [6.45, 7) is 11.4. The van der Waals surface area contributed by atoms with Crippen LogP contribution < -0.4 is 5.32 Å². The highest BCUT2D eigenvalue weighted by molar-refractivity contribution is 4.87. The number of piperidine rings is 1. The van der Waals surface area contributed by atoms with Crippen LogP contribution in [0.3, 0.4) is 0 Å².